The molecule has 0 unspecified atom stereocenters. The van der Waals surface area contributed by atoms with E-state index < -0.39 is 0 Å². The summed E-state index contributed by atoms with van der Waals surface area (Å²) in [6.07, 6.45) is 4.45. The normalized spacial score (nSPS) is 11.0. The van der Waals surface area contributed by atoms with Crippen LogP contribution in [0.1, 0.15) is 6.42 Å². The van der Waals surface area contributed by atoms with Gasteiger partial charge in [0.15, 0.2) is 11.0 Å². The van der Waals surface area contributed by atoms with Gasteiger partial charge in [-0.3, -0.25) is 9.78 Å². The summed E-state index contributed by atoms with van der Waals surface area (Å²) in [4.78, 5) is 18.5. The van der Waals surface area contributed by atoms with Gasteiger partial charge in [-0.15, -0.1) is 10.2 Å². The Morgan fingerprint density at radius 2 is 1.86 bits per heavy atom. The van der Waals surface area contributed by atoms with Gasteiger partial charge in [0, 0.05) is 30.2 Å². The second kappa shape index (κ2) is 10.0. The fourth-order valence-corrected chi connectivity index (χ4v) is 3.47. The zero-order chi connectivity index (χ0) is 19.8. The molecule has 0 aliphatic rings. The highest BCUT2D eigenvalue weighted by Crippen LogP contribution is 2.24. The van der Waals surface area contributed by atoms with Crippen LogP contribution in [0, 0.1) is 0 Å². The molecular weight excluding hydrogens is 372 g/mol. The van der Waals surface area contributed by atoms with Gasteiger partial charge in [0.25, 0.3) is 0 Å². The number of para-hydroxylation sites is 1. The third-order valence-corrected chi connectivity index (χ3v) is 5.00. The summed E-state index contributed by atoms with van der Waals surface area (Å²) in [5.41, 5.74) is 1.76. The van der Waals surface area contributed by atoms with Gasteiger partial charge in [-0.2, -0.15) is 0 Å². The Morgan fingerprint density at radius 3 is 2.57 bits per heavy atom. The third-order valence-electron chi connectivity index (χ3n) is 4.03. The maximum atomic E-state index is 12.3. The zero-order valence-electron chi connectivity index (χ0n) is 16.1. The summed E-state index contributed by atoms with van der Waals surface area (Å²) in [6.45, 7) is 1.75. The van der Waals surface area contributed by atoms with E-state index in [1.54, 1.807) is 12.4 Å². The van der Waals surface area contributed by atoms with Crippen molar-refractivity contribution in [2.75, 3.05) is 31.7 Å². The third kappa shape index (κ3) is 5.64. The molecule has 0 saturated carbocycles. The number of rotatable bonds is 9. The Balaban J connectivity index is 1.70. The molecule has 2 heterocycles. The monoisotopic (exact) mass is 396 g/mol. The number of hydrogen-bond acceptors (Lipinski definition) is 6. The largest absolute Gasteiger partial charge is 0.325 e. The lowest BCUT2D eigenvalue weighted by Gasteiger charge is -2.13. The lowest BCUT2D eigenvalue weighted by Crippen LogP contribution is -2.16. The summed E-state index contributed by atoms with van der Waals surface area (Å²) in [5, 5.41) is 12.3. The van der Waals surface area contributed by atoms with Crippen LogP contribution < -0.4 is 5.32 Å². The van der Waals surface area contributed by atoms with Crippen molar-refractivity contribution in [3.63, 3.8) is 0 Å². The Bertz CT molecular complexity index is 882. The molecule has 3 aromatic rings. The number of anilines is 1. The smallest absolute Gasteiger partial charge is 0.234 e. The van der Waals surface area contributed by atoms with Crippen LogP contribution in [-0.2, 0) is 11.3 Å². The molecule has 0 radical (unpaired) electrons. The minimum Gasteiger partial charge on any atom is -0.325 e. The predicted octanol–water partition coefficient (Wildman–Crippen LogP) is 3.02. The fraction of sp³-hybridized carbons (Fsp3) is 0.300. The van der Waals surface area contributed by atoms with Crippen LogP contribution in [0.4, 0.5) is 5.69 Å². The first-order valence-corrected chi connectivity index (χ1v) is 10.1. The van der Waals surface area contributed by atoms with Crippen LogP contribution in [0.2, 0.25) is 0 Å². The molecule has 8 heteroatoms. The maximum absolute atomic E-state index is 12.3. The van der Waals surface area contributed by atoms with E-state index >= 15 is 0 Å². The number of hydrogen-bond donors (Lipinski definition) is 1. The van der Waals surface area contributed by atoms with Gasteiger partial charge < -0.3 is 14.8 Å². The van der Waals surface area contributed by atoms with Crippen molar-refractivity contribution in [3.05, 3.63) is 54.9 Å². The van der Waals surface area contributed by atoms with Gasteiger partial charge in [0.1, 0.15) is 0 Å². The van der Waals surface area contributed by atoms with Gasteiger partial charge >= 0.3 is 0 Å². The van der Waals surface area contributed by atoms with Crippen LogP contribution in [-0.4, -0.2) is 56.9 Å². The van der Waals surface area contributed by atoms with E-state index in [1.165, 1.54) is 11.8 Å². The van der Waals surface area contributed by atoms with Crippen molar-refractivity contribution in [1.29, 1.82) is 0 Å². The zero-order valence-corrected chi connectivity index (χ0v) is 16.9. The molecule has 0 aliphatic heterocycles. The minimum atomic E-state index is -0.0653. The van der Waals surface area contributed by atoms with Gasteiger partial charge in [-0.25, -0.2) is 0 Å². The molecule has 7 nitrogen and oxygen atoms in total. The number of carbonyl (C=O) groups is 1. The molecule has 0 atom stereocenters. The van der Waals surface area contributed by atoms with Crippen molar-refractivity contribution < 1.29 is 4.79 Å². The molecule has 1 amide bonds. The molecule has 0 aliphatic carbocycles. The van der Waals surface area contributed by atoms with E-state index in [1.807, 2.05) is 42.5 Å². The Hall–Kier alpha value is -2.71. The first kappa shape index (κ1) is 20.0. The first-order valence-electron chi connectivity index (χ1n) is 9.09. The van der Waals surface area contributed by atoms with Crippen molar-refractivity contribution in [2.24, 2.45) is 0 Å². The average molecular weight is 397 g/mol. The van der Waals surface area contributed by atoms with E-state index in [0.29, 0.717) is 0 Å². The summed E-state index contributed by atoms with van der Waals surface area (Å²) in [5.74, 6) is 1.01. The molecule has 3 rings (SSSR count). The topological polar surface area (TPSA) is 75.9 Å². The van der Waals surface area contributed by atoms with Crippen molar-refractivity contribution in [2.45, 2.75) is 18.1 Å². The highest BCUT2D eigenvalue weighted by Gasteiger charge is 2.15. The fourth-order valence-electron chi connectivity index (χ4n) is 2.71. The molecule has 0 bridgehead atoms. The van der Waals surface area contributed by atoms with E-state index in [4.69, 9.17) is 0 Å². The van der Waals surface area contributed by atoms with Crippen molar-refractivity contribution >= 4 is 23.4 Å². The standard InChI is InChI=1S/C20H24N6OS/c1-25(2)13-6-14-26-19(16-9-11-21-12-10-16)23-24-20(26)28-15-18(27)22-17-7-4-3-5-8-17/h3-5,7-12H,6,13-15H2,1-2H3,(H,22,27). The Morgan fingerprint density at radius 1 is 1.11 bits per heavy atom. The maximum Gasteiger partial charge on any atom is 0.234 e. The first-order chi connectivity index (χ1) is 13.6. The van der Waals surface area contributed by atoms with Gasteiger partial charge in [-0.1, -0.05) is 30.0 Å². The van der Waals surface area contributed by atoms with Crippen LogP contribution in [0.5, 0.6) is 0 Å². The lowest BCUT2D eigenvalue weighted by molar-refractivity contribution is -0.113. The highest BCUT2D eigenvalue weighted by molar-refractivity contribution is 7.99. The number of nitrogens with zero attached hydrogens (tertiary/aromatic N) is 5. The minimum absolute atomic E-state index is 0.0653. The number of thioether (sulfide) groups is 1. The van der Waals surface area contributed by atoms with Gasteiger partial charge in [0.2, 0.25) is 5.91 Å². The summed E-state index contributed by atoms with van der Waals surface area (Å²) < 4.78 is 2.08. The number of amides is 1. The van der Waals surface area contributed by atoms with E-state index in [2.05, 4.69) is 44.1 Å². The molecule has 28 heavy (non-hydrogen) atoms. The quantitative estimate of drug-likeness (QED) is 0.561. The van der Waals surface area contributed by atoms with Crippen molar-refractivity contribution in [3.8, 4) is 11.4 Å². The van der Waals surface area contributed by atoms with Crippen LogP contribution in [0.25, 0.3) is 11.4 Å². The number of pyridine rings is 1. The van der Waals surface area contributed by atoms with E-state index in [-0.39, 0.29) is 11.7 Å². The van der Waals surface area contributed by atoms with Crippen molar-refractivity contribution in [1.82, 2.24) is 24.6 Å². The molecule has 0 saturated heterocycles. The number of aromatic nitrogens is 4. The molecule has 146 valence electrons. The molecular formula is C20H24N6OS. The number of benzene rings is 1. The van der Waals surface area contributed by atoms with Crippen LogP contribution in [0.15, 0.2) is 60.0 Å². The second-order valence-electron chi connectivity index (χ2n) is 6.55. The number of nitrogens with one attached hydrogen (secondary N) is 1. The lowest BCUT2D eigenvalue weighted by atomic mass is 10.2. The molecule has 1 aromatic carbocycles. The Labute approximate surface area is 169 Å². The summed E-state index contributed by atoms with van der Waals surface area (Å²) in [7, 11) is 4.11. The number of carbonyl (C=O) groups excluding carboxylic acids is 1. The van der Waals surface area contributed by atoms with E-state index in [9.17, 15) is 4.79 Å². The van der Waals surface area contributed by atoms with Crippen LogP contribution >= 0.6 is 11.8 Å². The molecule has 0 spiro atoms. The van der Waals surface area contributed by atoms with Gasteiger partial charge in [0.05, 0.1) is 5.75 Å². The second-order valence-corrected chi connectivity index (χ2v) is 7.50. The molecule has 0 fully saturated rings. The van der Waals surface area contributed by atoms with Gasteiger partial charge in [-0.05, 0) is 51.3 Å². The molecule has 2 aromatic heterocycles. The summed E-state index contributed by atoms with van der Waals surface area (Å²) in [6, 6.07) is 13.3. The predicted molar refractivity (Wildman–Crippen MR) is 112 cm³/mol. The summed E-state index contributed by atoms with van der Waals surface area (Å²) >= 11 is 1.40. The highest BCUT2D eigenvalue weighted by atomic mass is 32.2. The van der Waals surface area contributed by atoms with Crippen LogP contribution in [0.3, 0.4) is 0 Å². The SMILES string of the molecule is CN(C)CCCn1c(SCC(=O)Nc2ccccc2)nnc1-c1ccncc1. The average Bonchev–Trinajstić information content (AvgIpc) is 3.10. The Kier molecular flexibility index (Phi) is 7.16. The molecule has 1 N–H and O–H groups in total. The van der Waals surface area contributed by atoms with E-state index in [0.717, 1.165) is 41.7 Å².